The number of benzene rings is 2. The maximum absolute atomic E-state index is 13.7. The Kier molecular flexibility index (Phi) is 4.57. The van der Waals surface area contributed by atoms with Crippen LogP contribution in [-0.4, -0.2) is 4.92 Å². The molecule has 0 amide bonds. The fraction of sp³-hybridized carbons (Fsp3) is 0.0769. The molecule has 2 aromatic rings. The Hall–Kier alpha value is -1.66. The van der Waals surface area contributed by atoms with Gasteiger partial charge in [-0.15, -0.1) is 11.6 Å². The molecule has 0 atom stereocenters. The van der Waals surface area contributed by atoms with Crippen LogP contribution in [0.5, 0.6) is 11.5 Å². The highest BCUT2D eigenvalue weighted by Gasteiger charge is 2.13. The summed E-state index contributed by atoms with van der Waals surface area (Å²) in [5.74, 6) is -0.300. The van der Waals surface area contributed by atoms with Crippen molar-refractivity contribution >= 4 is 33.2 Å². The third kappa shape index (κ3) is 3.26. The van der Waals surface area contributed by atoms with E-state index >= 15 is 0 Å². The highest BCUT2D eigenvalue weighted by atomic mass is 79.9. The van der Waals surface area contributed by atoms with Crippen LogP contribution >= 0.6 is 27.5 Å². The minimum atomic E-state index is -0.803. The molecule has 0 unspecified atom stereocenters. The molecule has 0 heterocycles. The molecule has 2 aromatic carbocycles. The molecule has 0 aromatic heterocycles. The van der Waals surface area contributed by atoms with Gasteiger partial charge in [0, 0.05) is 16.1 Å². The molecule has 0 fully saturated rings. The van der Waals surface area contributed by atoms with E-state index in [1.165, 1.54) is 12.1 Å². The molecule has 0 N–H and O–H groups in total. The van der Waals surface area contributed by atoms with Crippen LogP contribution in [0.25, 0.3) is 0 Å². The van der Waals surface area contributed by atoms with Gasteiger partial charge in [-0.2, -0.15) is 0 Å². The first-order valence-electron chi connectivity index (χ1n) is 5.47. The average Bonchev–Trinajstić information content (AvgIpc) is 2.42. The van der Waals surface area contributed by atoms with Gasteiger partial charge in [0.15, 0.2) is 11.6 Å². The van der Waals surface area contributed by atoms with E-state index in [1.54, 1.807) is 18.2 Å². The molecule has 0 spiro atoms. The molecule has 0 saturated carbocycles. The number of halogens is 3. The fourth-order valence-electron chi connectivity index (χ4n) is 1.56. The summed E-state index contributed by atoms with van der Waals surface area (Å²) >= 11 is 9.09. The van der Waals surface area contributed by atoms with Gasteiger partial charge in [0.2, 0.25) is 0 Å². The number of nitro groups is 1. The Balaban J connectivity index is 2.33. The normalized spacial score (nSPS) is 10.3. The second kappa shape index (κ2) is 6.19. The van der Waals surface area contributed by atoms with Crippen LogP contribution < -0.4 is 4.74 Å². The minimum absolute atomic E-state index is 0.0933. The number of rotatable bonds is 4. The molecule has 4 nitrogen and oxygen atoms in total. The zero-order valence-electron chi connectivity index (χ0n) is 9.98. The average molecular weight is 361 g/mol. The molecule has 2 rings (SSSR count). The Morgan fingerprint density at radius 2 is 1.95 bits per heavy atom. The zero-order chi connectivity index (χ0) is 14.7. The predicted octanol–water partition coefficient (Wildman–Crippen LogP) is 5.03. The third-order valence-corrected chi connectivity index (χ3v) is 3.29. The summed E-state index contributed by atoms with van der Waals surface area (Å²) in [5, 5.41) is 10.5. The molecule has 0 bridgehead atoms. The topological polar surface area (TPSA) is 52.4 Å². The van der Waals surface area contributed by atoms with E-state index in [2.05, 4.69) is 15.9 Å². The van der Waals surface area contributed by atoms with Crippen molar-refractivity contribution < 1.29 is 14.1 Å². The highest BCUT2D eigenvalue weighted by molar-refractivity contribution is 9.10. The molecule has 0 aliphatic heterocycles. The maximum atomic E-state index is 13.7. The molecular formula is C13H8BrClFNO3. The van der Waals surface area contributed by atoms with Crippen molar-refractivity contribution in [2.45, 2.75) is 5.88 Å². The van der Waals surface area contributed by atoms with Gasteiger partial charge in [-0.05, 0) is 24.3 Å². The molecule has 7 heteroatoms. The number of ether oxygens (including phenoxy) is 1. The van der Waals surface area contributed by atoms with E-state index in [0.717, 1.165) is 10.5 Å². The summed E-state index contributed by atoms with van der Waals surface area (Å²) in [7, 11) is 0. The summed E-state index contributed by atoms with van der Waals surface area (Å²) in [6.07, 6.45) is 0. The largest absolute Gasteiger partial charge is 0.454 e. The van der Waals surface area contributed by atoms with Gasteiger partial charge in [0.25, 0.3) is 5.69 Å². The molecule has 20 heavy (non-hydrogen) atoms. The van der Waals surface area contributed by atoms with Gasteiger partial charge in [0.1, 0.15) is 5.75 Å². The predicted molar refractivity (Wildman–Crippen MR) is 76.8 cm³/mol. The van der Waals surface area contributed by atoms with Crippen LogP contribution in [0.15, 0.2) is 40.9 Å². The Morgan fingerprint density at radius 1 is 1.25 bits per heavy atom. The van der Waals surface area contributed by atoms with Crippen LogP contribution in [-0.2, 0) is 5.88 Å². The van der Waals surface area contributed by atoms with Gasteiger partial charge in [-0.25, -0.2) is 4.39 Å². The SMILES string of the molecule is O=[N+]([O-])c1ccc(Oc2ccc(Br)cc2CCl)c(F)c1. The lowest BCUT2D eigenvalue weighted by Gasteiger charge is -2.10. The lowest BCUT2D eigenvalue weighted by atomic mass is 10.2. The van der Waals surface area contributed by atoms with E-state index in [-0.39, 0.29) is 17.3 Å². The number of alkyl halides is 1. The molecule has 104 valence electrons. The first kappa shape index (κ1) is 14.7. The van der Waals surface area contributed by atoms with Crippen LogP contribution in [0.2, 0.25) is 0 Å². The van der Waals surface area contributed by atoms with Crippen molar-refractivity contribution in [1.82, 2.24) is 0 Å². The summed E-state index contributed by atoms with van der Waals surface area (Å²) in [6.45, 7) is 0. The Labute approximate surface area is 127 Å². The molecule has 0 aliphatic rings. The van der Waals surface area contributed by atoms with E-state index < -0.39 is 10.7 Å². The molecule has 0 saturated heterocycles. The highest BCUT2D eigenvalue weighted by Crippen LogP contribution is 2.31. The van der Waals surface area contributed by atoms with Crippen molar-refractivity contribution in [3.05, 3.63) is 62.4 Å². The van der Waals surface area contributed by atoms with Crippen molar-refractivity contribution in [1.29, 1.82) is 0 Å². The van der Waals surface area contributed by atoms with E-state index in [9.17, 15) is 14.5 Å². The Morgan fingerprint density at radius 3 is 2.55 bits per heavy atom. The number of nitro benzene ring substituents is 1. The first-order valence-corrected chi connectivity index (χ1v) is 6.80. The van der Waals surface area contributed by atoms with Crippen molar-refractivity contribution in [2.75, 3.05) is 0 Å². The summed E-state index contributed by atoms with van der Waals surface area (Å²) in [6, 6.07) is 8.34. The summed E-state index contributed by atoms with van der Waals surface area (Å²) in [5.41, 5.74) is 0.349. The standard InChI is InChI=1S/C13H8BrClFNO3/c14-9-1-3-12(8(5-9)7-15)20-13-4-2-10(17(18)19)6-11(13)16/h1-6H,7H2. The molecular weight excluding hydrogens is 353 g/mol. The number of non-ortho nitro benzene ring substituents is 1. The number of nitrogens with zero attached hydrogens (tertiary/aromatic N) is 1. The number of hydrogen-bond donors (Lipinski definition) is 0. The number of hydrogen-bond acceptors (Lipinski definition) is 3. The van der Waals surface area contributed by atoms with Gasteiger partial charge in [-0.3, -0.25) is 10.1 Å². The smallest absolute Gasteiger partial charge is 0.272 e. The van der Waals surface area contributed by atoms with Gasteiger partial charge < -0.3 is 4.74 Å². The second-order valence-corrected chi connectivity index (χ2v) is 5.04. The van der Waals surface area contributed by atoms with Crippen molar-refractivity contribution in [3.8, 4) is 11.5 Å². The molecule has 0 radical (unpaired) electrons. The third-order valence-electron chi connectivity index (χ3n) is 2.51. The van der Waals surface area contributed by atoms with Crippen molar-refractivity contribution in [3.63, 3.8) is 0 Å². The van der Waals surface area contributed by atoms with E-state index in [4.69, 9.17) is 16.3 Å². The monoisotopic (exact) mass is 359 g/mol. The fourth-order valence-corrected chi connectivity index (χ4v) is 2.17. The minimum Gasteiger partial charge on any atom is -0.454 e. The lowest BCUT2D eigenvalue weighted by molar-refractivity contribution is -0.385. The second-order valence-electron chi connectivity index (χ2n) is 3.86. The maximum Gasteiger partial charge on any atom is 0.272 e. The quantitative estimate of drug-likeness (QED) is 0.436. The van der Waals surface area contributed by atoms with Gasteiger partial charge in [0.05, 0.1) is 16.9 Å². The zero-order valence-corrected chi connectivity index (χ0v) is 12.3. The van der Waals surface area contributed by atoms with Crippen LogP contribution in [0.4, 0.5) is 10.1 Å². The van der Waals surface area contributed by atoms with E-state index in [0.29, 0.717) is 11.3 Å². The molecule has 0 aliphatic carbocycles. The lowest BCUT2D eigenvalue weighted by Crippen LogP contribution is -1.94. The Bertz CT molecular complexity index is 666. The van der Waals surface area contributed by atoms with Gasteiger partial charge >= 0.3 is 0 Å². The summed E-state index contributed by atoms with van der Waals surface area (Å²) < 4.78 is 20.0. The van der Waals surface area contributed by atoms with Crippen LogP contribution in [0.3, 0.4) is 0 Å². The van der Waals surface area contributed by atoms with Crippen molar-refractivity contribution in [2.24, 2.45) is 0 Å². The van der Waals surface area contributed by atoms with Crippen LogP contribution in [0.1, 0.15) is 5.56 Å². The first-order chi connectivity index (χ1) is 9.51. The summed E-state index contributed by atoms with van der Waals surface area (Å²) in [4.78, 5) is 9.87. The van der Waals surface area contributed by atoms with E-state index in [1.807, 2.05) is 0 Å². The van der Waals surface area contributed by atoms with Crippen LogP contribution in [0, 0.1) is 15.9 Å². The van der Waals surface area contributed by atoms with Gasteiger partial charge in [-0.1, -0.05) is 15.9 Å².